The Hall–Kier alpha value is -3.68. The van der Waals surface area contributed by atoms with Gasteiger partial charge >= 0.3 is 0 Å². The molecule has 0 amide bonds. The molecule has 0 saturated heterocycles. The summed E-state index contributed by atoms with van der Waals surface area (Å²) in [6.45, 7) is 6.73. The maximum Gasteiger partial charge on any atom is 0.193 e. The number of phenols is 2. The molecular formula is C36H53N3O5. The number of ketones is 1. The number of methoxy groups -OCH3 is 2. The van der Waals surface area contributed by atoms with Crippen LogP contribution in [-0.4, -0.2) is 42.2 Å². The van der Waals surface area contributed by atoms with Crippen molar-refractivity contribution in [3.05, 3.63) is 53.6 Å². The molecule has 242 valence electrons. The Morgan fingerprint density at radius 2 is 1.73 bits per heavy atom. The molecule has 1 fully saturated rings. The maximum atomic E-state index is 12.9. The largest absolute Gasteiger partial charge is 0.504 e. The molecule has 3 rings (SSSR count). The van der Waals surface area contributed by atoms with E-state index in [1.165, 1.54) is 20.6 Å². The number of aryl methyl sites for hydroxylation is 1. The van der Waals surface area contributed by atoms with Crippen LogP contribution < -0.4 is 20.5 Å². The van der Waals surface area contributed by atoms with Crippen molar-refractivity contribution in [3.63, 3.8) is 0 Å². The highest BCUT2D eigenvalue weighted by molar-refractivity contribution is 5.94. The van der Waals surface area contributed by atoms with Crippen molar-refractivity contribution in [3.8, 4) is 23.0 Å². The molecule has 0 bridgehead atoms. The molecule has 1 aliphatic carbocycles. The van der Waals surface area contributed by atoms with Crippen molar-refractivity contribution in [1.82, 2.24) is 0 Å². The lowest BCUT2D eigenvalue weighted by Crippen LogP contribution is -2.26. The van der Waals surface area contributed by atoms with Crippen LogP contribution in [0.25, 0.3) is 0 Å². The van der Waals surface area contributed by atoms with E-state index >= 15 is 0 Å². The van der Waals surface area contributed by atoms with E-state index in [4.69, 9.17) is 15.2 Å². The quantitative estimate of drug-likeness (QED) is 0.0671. The lowest BCUT2D eigenvalue weighted by molar-refractivity contribution is -0.114. The van der Waals surface area contributed by atoms with Gasteiger partial charge in [-0.05, 0) is 84.9 Å². The van der Waals surface area contributed by atoms with Gasteiger partial charge in [0.2, 0.25) is 0 Å². The number of phenolic OH excluding ortho intramolecular Hbond substituents is 2. The number of carbonyl (C=O) groups excluding carboxylic acids is 1. The molecule has 0 radical (unpaired) electrons. The summed E-state index contributed by atoms with van der Waals surface area (Å²) in [6, 6.07) is 9.14. The van der Waals surface area contributed by atoms with E-state index < -0.39 is 0 Å². The van der Waals surface area contributed by atoms with Crippen LogP contribution in [-0.2, 0) is 17.6 Å². The molecule has 2 atom stereocenters. The molecule has 2 aromatic rings. The normalized spacial score (nSPS) is 15.8. The van der Waals surface area contributed by atoms with Crippen LogP contribution in [0, 0.1) is 17.8 Å². The van der Waals surface area contributed by atoms with Gasteiger partial charge < -0.3 is 30.7 Å². The number of nitrogens with two attached hydrogens (primary N) is 1. The predicted octanol–water partition coefficient (Wildman–Crippen LogP) is 7.55. The Balaban J connectivity index is 1.77. The molecule has 8 nitrogen and oxygen atoms in total. The van der Waals surface area contributed by atoms with Crippen molar-refractivity contribution in [2.24, 2.45) is 28.5 Å². The number of nitrogens with zero attached hydrogens (tertiary/aromatic N) is 1. The molecule has 0 aromatic heterocycles. The third kappa shape index (κ3) is 11.1. The van der Waals surface area contributed by atoms with Crippen LogP contribution in [0.3, 0.4) is 0 Å². The zero-order valence-corrected chi connectivity index (χ0v) is 27.3. The minimum absolute atomic E-state index is 0.00356. The van der Waals surface area contributed by atoms with E-state index in [2.05, 4.69) is 31.1 Å². The van der Waals surface area contributed by atoms with Gasteiger partial charge in [-0.15, -0.1) is 0 Å². The number of aromatic hydroxyl groups is 2. The first-order valence-electron chi connectivity index (χ1n) is 16.2. The Labute approximate surface area is 263 Å². The molecule has 5 N–H and O–H groups in total. The lowest BCUT2D eigenvalue weighted by atomic mass is 9.83. The van der Waals surface area contributed by atoms with Crippen LogP contribution in [0.5, 0.6) is 23.0 Å². The molecular weight excluding hydrogens is 554 g/mol. The fourth-order valence-corrected chi connectivity index (χ4v) is 5.86. The van der Waals surface area contributed by atoms with Gasteiger partial charge in [-0.1, -0.05) is 71.4 Å². The van der Waals surface area contributed by atoms with Crippen LogP contribution >= 0.6 is 0 Å². The summed E-state index contributed by atoms with van der Waals surface area (Å²) in [6.07, 6.45) is 14.3. The number of anilines is 1. The lowest BCUT2D eigenvalue weighted by Gasteiger charge is -2.23. The van der Waals surface area contributed by atoms with Gasteiger partial charge in [-0.25, -0.2) is 4.99 Å². The summed E-state index contributed by atoms with van der Waals surface area (Å²) in [4.78, 5) is 17.6. The van der Waals surface area contributed by atoms with E-state index in [-0.39, 0.29) is 29.2 Å². The first-order chi connectivity index (χ1) is 21.1. The van der Waals surface area contributed by atoms with E-state index in [1.54, 1.807) is 18.2 Å². The van der Waals surface area contributed by atoms with Crippen molar-refractivity contribution in [2.45, 2.75) is 97.4 Å². The van der Waals surface area contributed by atoms with Gasteiger partial charge in [-0.3, -0.25) is 4.79 Å². The molecule has 0 unspecified atom stereocenters. The summed E-state index contributed by atoms with van der Waals surface area (Å²) in [5.41, 5.74) is 8.64. The summed E-state index contributed by atoms with van der Waals surface area (Å²) >= 11 is 0. The van der Waals surface area contributed by atoms with Crippen molar-refractivity contribution in [2.75, 3.05) is 19.5 Å². The number of allylic oxidation sites excluding steroid dienone is 2. The zero-order valence-electron chi connectivity index (χ0n) is 27.3. The van der Waals surface area contributed by atoms with E-state index in [0.29, 0.717) is 54.2 Å². The van der Waals surface area contributed by atoms with Crippen LogP contribution in [0.4, 0.5) is 5.69 Å². The maximum absolute atomic E-state index is 12.9. The van der Waals surface area contributed by atoms with E-state index in [0.717, 1.165) is 56.1 Å². The highest BCUT2D eigenvalue weighted by atomic mass is 16.5. The first-order valence-corrected chi connectivity index (χ1v) is 16.2. The van der Waals surface area contributed by atoms with Crippen molar-refractivity contribution < 1.29 is 24.5 Å². The Bertz CT molecular complexity index is 1270. The second-order valence-electron chi connectivity index (χ2n) is 12.6. The minimum atomic E-state index is -0.00356. The van der Waals surface area contributed by atoms with Crippen molar-refractivity contribution >= 4 is 17.4 Å². The predicted molar refractivity (Wildman–Crippen MR) is 179 cm³/mol. The molecule has 8 heteroatoms. The number of carbonyl (C=O) groups is 1. The van der Waals surface area contributed by atoms with Gasteiger partial charge in [0, 0.05) is 6.42 Å². The number of aliphatic imine (C=N–C) groups is 1. The Morgan fingerprint density at radius 3 is 2.41 bits per heavy atom. The number of hydrogen-bond acceptors (Lipinski definition) is 6. The second-order valence-corrected chi connectivity index (χ2v) is 12.6. The third-order valence-electron chi connectivity index (χ3n) is 8.59. The summed E-state index contributed by atoms with van der Waals surface area (Å²) < 4.78 is 10.7. The highest BCUT2D eigenvalue weighted by Gasteiger charge is 2.20. The number of ether oxygens (including phenoxy) is 2. The Kier molecular flexibility index (Phi) is 13.9. The average Bonchev–Trinajstić information content (AvgIpc) is 3.00. The van der Waals surface area contributed by atoms with Crippen LogP contribution in [0.1, 0.15) is 89.7 Å². The number of hydrogen-bond donors (Lipinski definition) is 4. The van der Waals surface area contributed by atoms with Gasteiger partial charge in [0.25, 0.3) is 0 Å². The Morgan fingerprint density at radius 1 is 1.02 bits per heavy atom. The molecule has 0 heterocycles. The smallest absolute Gasteiger partial charge is 0.193 e. The standard InChI is InChI=1S/C36H53N3O5/c1-24(2)10-9-11-25(3)28(16-18-30(40)17-14-26-15-19-32(41)33(22-26)43-4)20-27-21-31(35(42)34(23-27)44-5)39-36(37)38-29-12-7-6-8-13-29/h15-16,18-19,21-25,28-29,41-42H,6-14,17,20H2,1-5H3,(H3,37,38,39)/b18-16+/t25-,28-/m1/s1. The van der Waals surface area contributed by atoms with Gasteiger partial charge in [0.1, 0.15) is 0 Å². The number of benzene rings is 2. The van der Waals surface area contributed by atoms with E-state index in [9.17, 15) is 15.0 Å². The van der Waals surface area contributed by atoms with Crippen LogP contribution in [0.15, 0.2) is 47.5 Å². The van der Waals surface area contributed by atoms with Crippen molar-refractivity contribution in [1.29, 1.82) is 0 Å². The molecule has 2 aromatic carbocycles. The average molecular weight is 608 g/mol. The van der Waals surface area contributed by atoms with Gasteiger partial charge in [0.05, 0.1) is 25.9 Å². The topological polar surface area (TPSA) is 126 Å². The van der Waals surface area contributed by atoms with Gasteiger partial charge in [-0.2, -0.15) is 0 Å². The summed E-state index contributed by atoms with van der Waals surface area (Å²) in [5, 5.41) is 23.9. The van der Waals surface area contributed by atoms with Crippen LogP contribution in [0.2, 0.25) is 0 Å². The fraction of sp³-hybridized carbons (Fsp3) is 0.556. The molecule has 1 aliphatic rings. The highest BCUT2D eigenvalue weighted by Crippen LogP contribution is 2.37. The fourth-order valence-electron chi connectivity index (χ4n) is 5.86. The first kappa shape index (κ1) is 34.8. The van der Waals surface area contributed by atoms with Gasteiger partial charge in [0.15, 0.2) is 34.7 Å². The number of rotatable bonds is 16. The number of guanidine groups is 1. The summed E-state index contributed by atoms with van der Waals surface area (Å²) in [7, 11) is 3.05. The SMILES string of the molecule is COc1cc(CCC(=O)/C=C/[C@H](Cc2cc(NC(N)=NC3CCCCC3)c(O)c(OC)c2)[C@H](C)CCCC(C)C)ccc1O. The summed E-state index contributed by atoms with van der Waals surface area (Å²) in [5.74, 6) is 2.29. The molecule has 1 saturated carbocycles. The third-order valence-corrected chi connectivity index (χ3v) is 8.59. The molecule has 0 aliphatic heterocycles. The van der Waals surface area contributed by atoms with E-state index in [1.807, 2.05) is 24.3 Å². The number of nitrogens with one attached hydrogen (secondary N) is 1. The molecule has 44 heavy (non-hydrogen) atoms. The molecule has 0 spiro atoms. The minimum Gasteiger partial charge on any atom is -0.504 e. The second kappa shape index (κ2) is 17.6. The zero-order chi connectivity index (χ0) is 32.1. The monoisotopic (exact) mass is 607 g/mol.